The van der Waals surface area contributed by atoms with Crippen molar-refractivity contribution in [2.24, 2.45) is 0 Å². The lowest BCUT2D eigenvalue weighted by Gasteiger charge is -2.21. The number of benzene rings is 2. The molecule has 4 heteroatoms. The quantitative estimate of drug-likeness (QED) is 0.911. The number of amides is 1. The first-order valence-electron chi connectivity index (χ1n) is 7.64. The van der Waals surface area contributed by atoms with E-state index in [-0.39, 0.29) is 11.7 Å². The van der Waals surface area contributed by atoms with Crippen molar-refractivity contribution in [2.75, 3.05) is 23.3 Å². The smallest absolute Gasteiger partial charge is 0.228 e. The Bertz CT molecular complexity index is 646. The molecule has 114 valence electrons. The van der Waals surface area contributed by atoms with Gasteiger partial charge in [-0.2, -0.15) is 0 Å². The Hall–Kier alpha value is -2.49. The summed E-state index contributed by atoms with van der Waals surface area (Å²) in [6, 6.07) is 14.7. The molecule has 1 aliphatic heterocycles. The van der Waals surface area contributed by atoms with Crippen LogP contribution in [-0.2, 0) is 11.2 Å². The Morgan fingerprint density at radius 2 is 1.73 bits per heavy atom. The molecule has 0 spiro atoms. The number of hydrogen-bond acceptors (Lipinski definition) is 3. The van der Waals surface area contributed by atoms with E-state index in [1.54, 1.807) is 24.3 Å². The summed E-state index contributed by atoms with van der Waals surface area (Å²) < 4.78 is 0. The Kier molecular flexibility index (Phi) is 4.28. The van der Waals surface area contributed by atoms with Crippen molar-refractivity contribution in [1.82, 2.24) is 0 Å². The number of carbonyl (C=O) groups excluding carboxylic acids is 1. The van der Waals surface area contributed by atoms with Crippen LogP contribution in [0.3, 0.4) is 0 Å². The van der Waals surface area contributed by atoms with Crippen LogP contribution in [0.1, 0.15) is 18.4 Å². The molecule has 1 amide bonds. The third-order valence-corrected chi connectivity index (χ3v) is 3.93. The molecule has 22 heavy (non-hydrogen) atoms. The van der Waals surface area contributed by atoms with E-state index in [0.29, 0.717) is 6.42 Å². The van der Waals surface area contributed by atoms with Gasteiger partial charge in [0.1, 0.15) is 5.75 Å². The highest BCUT2D eigenvalue weighted by molar-refractivity contribution is 5.95. The molecule has 2 aromatic carbocycles. The van der Waals surface area contributed by atoms with Crippen molar-refractivity contribution < 1.29 is 9.90 Å². The summed E-state index contributed by atoms with van der Waals surface area (Å²) in [5, 5.41) is 12.3. The summed E-state index contributed by atoms with van der Waals surface area (Å²) in [6.45, 7) is 2.09. The summed E-state index contributed by atoms with van der Waals surface area (Å²) in [4.78, 5) is 14.6. The van der Waals surface area contributed by atoms with Gasteiger partial charge in [0.15, 0.2) is 0 Å². The van der Waals surface area contributed by atoms with Crippen LogP contribution in [0.2, 0.25) is 0 Å². The second-order valence-electron chi connectivity index (χ2n) is 5.60. The van der Waals surface area contributed by atoms with Gasteiger partial charge in [0, 0.05) is 13.1 Å². The number of aromatic hydroxyl groups is 1. The summed E-state index contributed by atoms with van der Waals surface area (Å²) >= 11 is 0. The number of nitrogens with zero attached hydrogens (tertiary/aromatic N) is 1. The SMILES string of the molecule is O=C(Cc1ccc(O)cc1)Nc1ccccc1N1CCCC1. The van der Waals surface area contributed by atoms with Gasteiger partial charge in [-0.05, 0) is 42.7 Å². The lowest BCUT2D eigenvalue weighted by atomic mass is 10.1. The lowest BCUT2D eigenvalue weighted by Crippen LogP contribution is -2.21. The van der Waals surface area contributed by atoms with Crippen molar-refractivity contribution in [2.45, 2.75) is 19.3 Å². The van der Waals surface area contributed by atoms with Gasteiger partial charge in [-0.1, -0.05) is 24.3 Å². The number of para-hydroxylation sites is 2. The number of nitrogens with one attached hydrogen (secondary N) is 1. The molecule has 0 atom stereocenters. The maximum absolute atomic E-state index is 12.2. The first-order chi connectivity index (χ1) is 10.7. The topological polar surface area (TPSA) is 52.6 Å². The van der Waals surface area contributed by atoms with Crippen LogP contribution in [0, 0.1) is 0 Å². The maximum atomic E-state index is 12.2. The van der Waals surface area contributed by atoms with Crippen molar-refractivity contribution >= 4 is 17.3 Å². The number of carbonyl (C=O) groups is 1. The van der Waals surface area contributed by atoms with Crippen molar-refractivity contribution in [3.05, 3.63) is 54.1 Å². The molecule has 1 fully saturated rings. The summed E-state index contributed by atoms with van der Waals surface area (Å²) in [5.74, 6) is 0.167. The van der Waals surface area contributed by atoms with Gasteiger partial charge >= 0.3 is 0 Å². The van der Waals surface area contributed by atoms with Crippen LogP contribution in [0.4, 0.5) is 11.4 Å². The number of phenols is 1. The van der Waals surface area contributed by atoms with Crippen molar-refractivity contribution in [1.29, 1.82) is 0 Å². The second-order valence-corrected chi connectivity index (χ2v) is 5.60. The van der Waals surface area contributed by atoms with E-state index < -0.39 is 0 Å². The zero-order chi connectivity index (χ0) is 15.4. The fourth-order valence-electron chi connectivity index (χ4n) is 2.81. The second kappa shape index (κ2) is 6.52. The van der Waals surface area contributed by atoms with E-state index in [1.165, 1.54) is 12.8 Å². The average Bonchev–Trinajstić information content (AvgIpc) is 3.04. The predicted molar refractivity (Wildman–Crippen MR) is 88.3 cm³/mol. The highest BCUT2D eigenvalue weighted by Gasteiger charge is 2.16. The van der Waals surface area contributed by atoms with Gasteiger partial charge < -0.3 is 15.3 Å². The molecular weight excluding hydrogens is 276 g/mol. The zero-order valence-corrected chi connectivity index (χ0v) is 12.5. The van der Waals surface area contributed by atoms with Gasteiger partial charge in [-0.3, -0.25) is 4.79 Å². The van der Waals surface area contributed by atoms with Gasteiger partial charge in [0.05, 0.1) is 17.8 Å². The van der Waals surface area contributed by atoms with Gasteiger partial charge in [0.2, 0.25) is 5.91 Å². The van der Waals surface area contributed by atoms with E-state index in [0.717, 1.165) is 30.0 Å². The van der Waals surface area contributed by atoms with Crippen LogP contribution in [0.15, 0.2) is 48.5 Å². The molecule has 3 rings (SSSR count). The predicted octanol–water partition coefficient (Wildman–Crippen LogP) is 3.17. The fraction of sp³-hybridized carbons (Fsp3) is 0.278. The highest BCUT2D eigenvalue weighted by atomic mass is 16.3. The minimum absolute atomic E-state index is 0.0441. The molecule has 4 nitrogen and oxygen atoms in total. The number of phenolic OH excluding ortho intramolecular Hbond substituents is 1. The van der Waals surface area contributed by atoms with Gasteiger partial charge in [-0.15, -0.1) is 0 Å². The van der Waals surface area contributed by atoms with E-state index in [9.17, 15) is 9.90 Å². The standard InChI is InChI=1S/C18H20N2O2/c21-15-9-7-14(8-10-15)13-18(22)19-16-5-1-2-6-17(16)20-11-3-4-12-20/h1-2,5-10,21H,3-4,11-13H2,(H,19,22). The third-order valence-electron chi connectivity index (χ3n) is 3.93. The van der Waals surface area contributed by atoms with Crippen LogP contribution < -0.4 is 10.2 Å². The minimum atomic E-state index is -0.0441. The minimum Gasteiger partial charge on any atom is -0.508 e. The molecule has 0 aliphatic carbocycles. The maximum Gasteiger partial charge on any atom is 0.228 e. The van der Waals surface area contributed by atoms with Crippen LogP contribution in [-0.4, -0.2) is 24.1 Å². The molecule has 1 heterocycles. The molecule has 0 saturated carbocycles. The molecule has 0 bridgehead atoms. The summed E-state index contributed by atoms with van der Waals surface area (Å²) in [7, 11) is 0. The number of anilines is 2. The van der Waals surface area contributed by atoms with E-state index >= 15 is 0 Å². The van der Waals surface area contributed by atoms with Crippen LogP contribution >= 0.6 is 0 Å². The summed E-state index contributed by atoms with van der Waals surface area (Å²) in [5.41, 5.74) is 2.85. The van der Waals surface area contributed by atoms with E-state index in [2.05, 4.69) is 16.3 Å². The van der Waals surface area contributed by atoms with Gasteiger partial charge in [-0.25, -0.2) is 0 Å². The molecule has 2 N–H and O–H groups in total. The van der Waals surface area contributed by atoms with Gasteiger partial charge in [0.25, 0.3) is 0 Å². The Balaban J connectivity index is 1.69. The van der Waals surface area contributed by atoms with E-state index in [4.69, 9.17) is 0 Å². The molecule has 2 aromatic rings. The molecule has 1 aliphatic rings. The number of rotatable bonds is 4. The Labute approximate surface area is 130 Å². The van der Waals surface area contributed by atoms with Crippen LogP contribution in [0.5, 0.6) is 5.75 Å². The van der Waals surface area contributed by atoms with E-state index in [1.807, 2.05) is 18.2 Å². The zero-order valence-electron chi connectivity index (χ0n) is 12.5. The first-order valence-corrected chi connectivity index (χ1v) is 7.64. The molecule has 0 aromatic heterocycles. The highest BCUT2D eigenvalue weighted by Crippen LogP contribution is 2.28. The number of hydrogen-bond donors (Lipinski definition) is 2. The van der Waals surface area contributed by atoms with Crippen molar-refractivity contribution in [3.63, 3.8) is 0 Å². The Morgan fingerprint density at radius 1 is 1.05 bits per heavy atom. The lowest BCUT2D eigenvalue weighted by molar-refractivity contribution is -0.115. The fourth-order valence-corrected chi connectivity index (χ4v) is 2.81. The summed E-state index contributed by atoms with van der Waals surface area (Å²) in [6.07, 6.45) is 2.71. The molecule has 1 saturated heterocycles. The average molecular weight is 296 g/mol. The van der Waals surface area contributed by atoms with Crippen molar-refractivity contribution in [3.8, 4) is 5.75 Å². The molecular formula is C18H20N2O2. The Morgan fingerprint density at radius 3 is 2.45 bits per heavy atom. The normalized spacial score (nSPS) is 14.1. The van der Waals surface area contributed by atoms with Crippen LogP contribution in [0.25, 0.3) is 0 Å². The largest absolute Gasteiger partial charge is 0.508 e. The first kappa shape index (κ1) is 14.4. The molecule has 0 unspecified atom stereocenters. The molecule has 0 radical (unpaired) electrons. The third kappa shape index (κ3) is 3.39. The monoisotopic (exact) mass is 296 g/mol.